The minimum absolute atomic E-state index is 0.0102. The molecule has 2 unspecified atom stereocenters. The lowest BCUT2D eigenvalue weighted by Crippen LogP contribution is -2.50. The maximum atomic E-state index is 12.5. The highest BCUT2D eigenvalue weighted by molar-refractivity contribution is 5.80. The van der Waals surface area contributed by atoms with Crippen LogP contribution in [0.2, 0.25) is 0 Å². The number of hydrogen-bond donors (Lipinski definition) is 2. The summed E-state index contributed by atoms with van der Waals surface area (Å²) in [5.74, 6) is 1.38. The number of rotatable bonds is 6. The molecule has 0 aromatic heterocycles. The van der Waals surface area contributed by atoms with Crippen LogP contribution in [0.1, 0.15) is 38.5 Å². The van der Waals surface area contributed by atoms with Crippen molar-refractivity contribution in [3.8, 4) is 0 Å². The van der Waals surface area contributed by atoms with Crippen LogP contribution in [0, 0.1) is 5.92 Å². The van der Waals surface area contributed by atoms with E-state index in [2.05, 4.69) is 34.6 Å². The molecule has 1 saturated heterocycles. The molecule has 0 aromatic carbocycles. The Morgan fingerprint density at radius 3 is 2.46 bits per heavy atom. The predicted octanol–water partition coefficient (Wildman–Crippen LogP) is 2.30. The van der Waals surface area contributed by atoms with Crippen molar-refractivity contribution in [2.45, 2.75) is 56.8 Å². The number of guanidine groups is 1. The second-order valence-electron chi connectivity index (χ2n) is 7.86. The first-order chi connectivity index (χ1) is 12.3. The molecule has 0 radical (unpaired) electrons. The number of likely N-dealkylation sites (N-methyl/N-ethyl adjacent to an activating group) is 1. The number of aliphatic imine (C=N–C) groups is 1. The molecule has 2 N–H and O–H groups in total. The molecule has 1 heterocycles. The second kappa shape index (κ2) is 9.78. The highest BCUT2D eigenvalue weighted by Crippen LogP contribution is 2.28. The van der Waals surface area contributed by atoms with Crippen molar-refractivity contribution in [2.75, 3.05) is 47.3 Å². The summed E-state index contributed by atoms with van der Waals surface area (Å²) in [5, 5.41) is 6.68. The average molecular weight is 377 g/mol. The van der Waals surface area contributed by atoms with E-state index in [0.717, 1.165) is 6.54 Å². The molecular weight excluding hydrogens is 343 g/mol. The normalized spacial score (nSPS) is 24.9. The Hall–Kier alpha value is -1.02. The highest BCUT2D eigenvalue weighted by Gasteiger charge is 2.34. The number of nitrogens with one attached hydrogen (secondary N) is 2. The molecule has 0 aromatic rings. The molecular formula is C18H34F3N5. The molecule has 0 spiro atoms. The highest BCUT2D eigenvalue weighted by atomic mass is 19.4. The minimum atomic E-state index is -4.13. The Morgan fingerprint density at radius 1 is 1.19 bits per heavy atom. The average Bonchev–Trinajstić information content (AvgIpc) is 2.99. The first-order valence-corrected chi connectivity index (χ1v) is 9.71. The SMILES string of the molecule is CN=C(NCC(C1CCCCC1)N(C)C)NC1CCN(CC(F)(F)F)C1. The lowest BCUT2D eigenvalue weighted by atomic mass is 9.83. The van der Waals surface area contributed by atoms with Gasteiger partial charge in [-0.25, -0.2) is 0 Å². The minimum Gasteiger partial charge on any atom is -0.355 e. The van der Waals surface area contributed by atoms with Gasteiger partial charge in [-0.2, -0.15) is 13.2 Å². The van der Waals surface area contributed by atoms with Gasteiger partial charge in [0.15, 0.2) is 5.96 Å². The number of nitrogens with zero attached hydrogens (tertiary/aromatic N) is 3. The van der Waals surface area contributed by atoms with E-state index in [4.69, 9.17) is 0 Å². The molecule has 5 nitrogen and oxygen atoms in total. The van der Waals surface area contributed by atoms with Gasteiger partial charge in [-0.3, -0.25) is 9.89 Å². The van der Waals surface area contributed by atoms with Crippen LogP contribution in [0.5, 0.6) is 0 Å². The fourth-order valence-corrected chi connectivity index (χ4v) is 4.23. The fourth-order valence-electron chi connectivity index (χ4n) is 4.23. The first-order valence-electron chi connectivity index (χ1n) is 9.71. The van der Waals surface area contributed by atoms with Crippen LogP contribution in [-0.4, -0.2) is 81.3 Å². The van der Waals surface area contributed by atoms with Crippen LogP contribution >= 0.6 is 0 Å². The van der Waals surface area contributed by atoms with E-state index in [-0.39, 0.29) is 6.04 Å². The lowest BCUT2D eigenvalue weighted by molar-refractivity contribution is -0.143. The molecule has 2 rings (SSSR count). The van der Waals surface area contributed by atoms with E-state index in [1.165, 1.54) is 37.0 Å². The van der Waals surface area contributed by atoms with Crippen molar-refractivity contribution >= 4 is 5.96 Å². The molecule has 0 amide bonds. The number of likely N-dealkylation sites (tertiary alicyclic amines) is 1. The zero-order valence-corrected chi connectivity index (χ0v) is 16.3. The van der Waals surface area contributed by atoms with Crippen LogP contribution in [0.25, 0.3) is 0 Å². The molecule has 8 heteroatoms. The van der Waals surface area contributed by atoms with Crippen LogP contribution < -0.4 is 10.6 Å². The largest absolute Gasteiger partial charge is 0.401 e. The van der Waals surface area contributed by atoms with E-state index >= 15 is 0 Å². The van der Waals surface area contributed by atoms with Gasteiger partial charge in [0.25, 0.3) is 0 Å². The monoisotopic (exact) mass is 377 g/mol. The maximum Gasteiger partial charge on any atom is 0.401 e. The van der Waals surface area contributed by atoms with Gasteiger partial charge in [-0.05, 0) is 39.3 Å². The quantitative estimate of drug-likeness (QED) is 0.551. The predicted molar refractivity (Wildman–Crippen MR) is 99.4 cm³/mol. The summed E-state index contributed by atoms with van der Waals surface area (Å²) in [6, 6.07) is 0.454. The Morgan fingerprint density at radius 2 is 1.88 bits per heavy atom. The fraction of sp³-hybridized carbons (Fsp3) is 0.944. The molecule has 2 aliphatic rings. The van der Waals surface area contributed by atoms with Gasteiger partial charge in [0.1, 0.15) is 0 Å². The summed E-state index contributed by atoms with van der Waals surface area (Å²) in [5.41, 5.74) is 0. The van der Waals surface area contributed by atoms with Crippen molar-refractivity contribution in [1.29, 1.82) is 0 Å². The van der Waals surface area contributed by atoms with Crippen LogP contribution in [0.15, 0.2) is 4.99 Å². The molecule has 2 atom stereocenters. The van der Waals surface area contributed by atoms with Crippen molar-refractivity contribution in [1.82, 2.24) is 20.4 Å². The number of alkyl halides is 3. The zero-order chi connectivity index (χ0) is 19.2. The molecule has 0 bridgehead atoms. The third kappa shape index (κ3) is 6.95. The van der Waals surface area contributed by atoms with Gasteiger partial charge in [0.2, 0.25) is 0 Å². The number of hydrogen-bond acceptors (Lipinski definition) is 3. The van der Waals surface area contributed by atoms with Gasteiger partial charge in [0.05, 0.1) is 6.54 Å². The van der Waals surface area contributed by atoms with Crippen molar-refractivity contribution < 1.29 is 13.2 Å². The Kier molecular flexibility index (Phi) is 8.01. The first kappa shape index (κ1) is 21.3. The Labute approximate surface area is 155 Å². The van der Waals surface area contributed by atoms with E-state index in [1.54, 1.807) is 7.05 Å². The van der Waals surface area contributed by atoms with E-state index in [9.17, 15) is 13.2 Å². The molecule has 1 aliphatic carbocycles. The van der Waals surface area contributed by atoms with Gasteiger partial charge >= 0.3 is 6.18 Å². The van der Waals surface area contributed by atoms with Crippen molar-refractivity contribution in [3.05, 3.63) is 0 Å². The number of halogens is 3. The summed E-state index contributed by atoms with van der Waals surface area (Å²) in [6.45, 7) is 0.842. The standard InChI is InChI=1S/C18H34F3N5/c1-22-17(24-15-9-10-26(12-15)13-18(19,20)21)23-11-16(25(2)3)14-7-5-4-6-8-14/h14-16H,4-13H2,1-3H3,(H2,22,23,24). The second-order valence-corrected chi connectivity index (χ2v) is 7.86. The summed E-state index contributed by atoms with van der Waals surface area (Å²) in [4.78, 5) is 7.99. The van der Waals surface area contributed by atoms with E-state index in [1.807, 2.05) is 0 Å². The van der Waals surface area contributed by atoms with Crippen LogP contribution in [0.4, 0.5) is 13.2 Å². The van der Waals surface area contributed by atoms with Gasteiger partial charge in [-0.1, -0.05) is 19.3 Å². The molecule has 1 aliphatic heterocycles. The van der Waals surface area contributed by atoms with Crippen LogP contribution in [-0.2, 0) is 0 Å². The van der Waals surface area contributed by atoms with Crippen LogP contribution in [0.3, 0.4) is 0 Å². The zero-order valence-electron chi connectivity index (χ0n) is 16.3. The third-order valence-corrected chi connectivity index (χ3v) is 5.58. The van der Waals surface area contributed by atoms with Crippen molar-refractivity contribution in [2.24, 2.45) is 10.9 Å². The van der Waals surface area contributed by atoms with E-state index in [0.29, 0.717) is 37.4 Å². The Bertz CT molecular complexity index is 447. The van der Waals surface area contributed by atoms with Gasteiger partial charge in [-0.15, -0.1) is 0 Å². The summed E-state index contributed by atoms with van der Waals surface area (Å²) in [7, 11) is 5.94. The summed E-state index contributed by atoms with van der Waals surface area (Å²) in [6.07, 6.45) is 3.06. The topological polar surface area (TPSA) is 42.9 Å². The molecule has 2 fully saturated rings. The molecule has 1 saturated carbocycles. The van der Waals surface area contributed by atoms with Gasteiger partial charge in [0, 0.05) is 38.8 Å². The summed E-state index contributed by atoms with van der Waals surface area (Å²) >= 11 is 0. The third-order valence-electron chi connectivity index (χ3n) is 5.58. The smallest absolute Gasteiger partial charge is 0.355 e. The Balaban J connectivity index is 1.79. The summed E-state index contributed by atoms with van der Waals surface area (Å²) < 4.78 is 37.6. The van der Waals surface area contributed by atoms with Gasteiger partial charge < -0.3 is 15.5 Å². The molecule has 152 valence electrons. The lowest BCUT2D eigenvalue weighted by Gasteiger charge is -2.35. The van der Waals surface area contributed by atoms with Crippen molar-refractivity contribution in [3.63, 3.8) is 0 Å². The van der Waals surface area contributed by atoms with E-state index < -0.39 is 12.7 Å². The maximum absolute atomic E-state index is 12.5. The molecule has 26 heavy (non-hydrogen) atoms.